The molecule has 106 valence electrons. The molecule has 0 bridgehead atoms. The van der Waals surface area contributed by atoms with Crippen LogP contribution in [0.3, 0.4) is 0 Å². The van der Waals surface area contributed by atoms with Gasteiger partial charge in [0.1, 0.15) is 5.75 Å². The molecular formula is C16H26N2O. The summed E-state index contributed by atoms with van der Waals surface area (Å²) in [7, 11) is 3.85. The van der Waals surface area contributed by atoms with E-state index in [2.05, 4.69) is 24.1 Å². The smallest absolute Gasteiger partial charge is 0.119 e. The number of hydrogen-bond acceptors (Lipinski definition) is 3. The molecule has 3 nitrogen and oxygen atoms in total. The van der Waals surface area contributed by atoms with Crippen LogP contribution in [-0.2, 0) is 6.54 Å². The maximum atomic E-state index is 6.32. The lowest BCUT2D eigenvalue weighted by atomic mass is 9.98. The first-order chi connectivity index (χ1) is 9.19. The van der Waals surface area contributed by atoms with Gasteiger partial charge in [0.25, 0.3) is 0 Å². The zero-order valence-electron chi connectivity index (χ0n) is 12.1. The average Bonchev–Trinajstić information content (AvgIpc) is 2.92. The minimum absolute atomic E-state index is 0.318. The number of ether oxygens (including phenoxy) is 1. The van der Waals surface area contributed by atoms with Crippen LogP contribution in [0.2, 0.25) is 0 Å². The van der Waals surface area contributed by atoms with E-state index >= 15 is 0 Å². The summed E-state index contributed by atoms with van der Waals surface area (Å²) in [6.07, 6.45) is 5.35. The molecule has 19 heavy (non-hydrogen) atoms. The van der Waals surface area contributed by atoms with Crippen LogP contribution in [0.15, 0.2) is 24.3 Å². The molecule has 3 heteroatoms. The van der Waals surface area contributed by atoms with Gasteiger partial charge in [0.05, 0.1) is 7.11 Å². The number of nitrogens with two attached hydrogens (primary N) is 1. The van der Waals surface area contributed by atoms with Crippen LogP contribution in [0.4, 0.5) is 0 Å². The predicted molar refractivity (Wildman–Crippen MR) is 79.3 cm³/mol. The monoisotopic (exact) mass is 262 g/mol. The molecule has 1 aromatic rings. The van der Waals surface area contributed by atoms with E-state index in [1.807, 2.05) is 12.1 Å². The van der Waals surface area contributed by atoms with Crippen LogP contribution in [0.25, 0.3) is 0 Å². The molecule has 0 radical (unpaired) electrons. The summed E-state index contributed by atoms with van der Waals surface area (Å²) < 4.78 is 5.26. The Bertz CT molecular complexity index is 388. The van der Waals surface area contributed by atoms with Gasteiger partial charge in [0, 0.05) is 19.1 Å². The molecule has 1 unspecified atom stereocenters. The maximum absolute atomic E-state index is 6.32. The second-order valence-electron chi connectivity index (χ2n) is 5.76. The number of benzene rings is 1. The third kappa shape index (κ3) is 4.22. The third-order valence-electron chi connectivity index (χ3n) is 4.11. The van der Waals surface area contributed by atoms with Crippen LogP contribution in [0.5, 0.6) is 5.75 Å². The van der Waals surface area contributed by atoms with Gasteiger partial charge in [0.15, 0.2) is 0 Å². The molecule has 0 amide bonds. The Labute approximate surface area is 116 Å². The number of methoxy groups -OCH3 is 1. The van der Waals surface area contributed by atoms with E-state index in [9.17, 15) is 0 Å². The highest BCUT2D eigenvalue weighted by Gasteiger charge is 2.22. The van der Waals surface area contributed by atoms with E-state index in [4.69, 9.17) is 10.5 Å². The summed E-state index contributed by atoms with van der Waals surface area (Å²) in [5.41, 5.74) is 7.60. The molecule has 0 saturated heterocycles. The van der Waals surface area contributed by atoms with Crippen molar-refractivity contribution >= 4 is 0 Å². The van der Waals surface area contributed by atoms with Crippen molar-refractivity contribution in [2.24, 2.45) is 11.7 Å². The lowest BCUT2D eigenvalue weighted by molar-refractivity contribution is 0.264. The molecule has 1 saturated carbocycles. The van der Waals surface area contributed by atoms with Crippen LogP contribution < -0.4 is 10.5 Å². The molecule has 1 atom stereocenters. The van der Waals surface area contributed by atoms with Gasteiger partial charge in [-0.15, -0.1) is 0 Å². The highest BCUT2D eigenvalue weighted by atomic mass is 16.5. The Morgan fingerprint density at radius 1 is 1.37 bits per heavy atom. The van der Waals surface area contributed by atoms with Gasteiger partial charge in [-0.3, -0.25) is 0 Å². The summed E-state index contributed by atoms with van der Waals surface area (Å²) >= 11 is 0. The Balaban J connectivity index is 1.84. The fraction of sp³-hybridized carbons (Fsp3) is 0.625. The molecular weight excluding hydrogens is 236 g/mol. The van der Waals surface area contributed by atoms with Crippen molar-refractivity contribution in [2.45, 2.75) is 38.3 Å². The van der Waals surface area contributed by atoms with Gasteiger partial charge in [-0.05, 0) is 43.5 Å². The van der Waals surface area contributed by atoms with Gasteiger partial charge in [-0.1, -0.05) is 25.0 Å². The predicted octanol–water partition coefficient (Wildman–Crippen LogP) is 2.64. The Morgan fingerprint density at radius 3 is 2.79 bits per heavy atom. The number of nitrogens with zero attached hydrogens (tertiary/aromatic N) is 1. The second-order valence-corrected chi connectivity index (χ2v) is 5.76. The van der Waals surface area contributed by atoms with Gasteiger partial charge < -0.3 is 15.4 Å². The van der Waals surface area contributed by atoms with Crippen LogP contribution in [0, 0.1) is 5.92 Å². The first-order valence-corrected chi connectivity index (χ1v) is 7.26. The quantitative estimate of drug-likeness (QED) is 0.856. The summed E-state index contributed by atoms with van der Waals surface area (Å²) in [5, 5.41) is 0. The molecule has 1 aliphatic rings. The summed E-state index contributed by atoms with van der Waals surface area (Å²) in [5.74, 6) is 1.65. The molecule has 1 aromatic carbocycles. The topological polar surface area (TPSA) is 38.5 Å². The highest BCUT2D eigenvalue weighted by molar-refractivity contribution is 5.28. The Hall–Kier alpha value is -1.06. The van der Waals surface area contributed by atoms with Crippen LogP contribution in [0.1, 0.15) is 31.2 Å². The molecule has 0 aromatic heterocycles. The normalized spacial score (nSPS) is 17.9. The van der Waals surface area contributed by atoms with Crippen molar-refractivity contribution in [2.75, 3.05) is 20.7 Å². The highest BCUT2D eigenvalue weighted by Crippen LogP contribution is 2.27. The third-order valence-corrected chi connectivity index (χ3v) is 4.11. The maximum Gasteiger partial charge on any atom is 0.119 e. The second kappa shape index (κ2) is 6.92. The molecule has 0 spiro atoms. The standard InChI is InChI=1S/C16H26N2O/c1-18(12-16(17)14-7-3-4-8-14)11-13-6-5-9-15(10-13)19-2/h5-6,9-10,14,16H,3-4,7-8,11-12,17H2,1-2H3. The first kappa shape index (κ1) is 14.4. The van der Waals surface area contributed by atoms with E-state index in [-0.39, 0.29) is 0 Å². The SMILES string of the molecule is COc1cccc(CN(C)CC(N)C2CCCC2)c1. The lowest BCUT2D eigenvalue weighted by Crippen LogP contribution is -2.39. The van der Waals surface area contributed by atoms with E-state index in [0.29, 0.717) is 6.04 Å². The van der Waals surface area contributed by atoms with Gasteiger partial charge in [-0.25, -0.2) is 0 Å². The van der Waals surface area contributed by atoms with Crippen molar-refractivity contribution in [1.29, 1.82) is 0 Å². The molecule has 1 aliphatic carbocycles. The fourth-order valence-electron chi connectivity index (χ4n) is 3.04. The largest absolute Gasteiger partial charge is 0.497 e. The molecule has 0 aliphatic heterocycles. The van der Waals surface area contributed by atoms with E-state index in [0.717, 1.165) is 24.8 Å². The van der Waals surface area contributed by atoms with E-state index < -0.39 is 0 Å². The van der Waals surface area contributed by atoms with Gasteiger partial charge in [-0.2, -0.15) is 0 Å². The molecule has 0 heterocycles. The minimum atomic E-state index is 0.318. The van der Waals surface area contributed by atoms with Crippen molar-refractivity contribution in [3.05, 3.63) is 29.8 Å². The Morgan fingerprint density at radius 2 is 2.11 bits per heavy atom. The lowest BCUT2D eigenvalue weighted by Gasteiger charge is -2.25. The van der Waals surface area contributed by atoms with Gasteiger partial charge >= 0.3 is 0 Å². The Kier molecular flexibility index (Phi) is 5.23. The summed E-state index contributed by atoms with van der Waals surface area (Å²) in [6, 6.07) is 8.57. The minimum Gasteiger partial charge on any atom is -0.497 e. The summed E-state index contributed by atoms with van der Waals surface area (Å²) in [6.45, 7) is 1.90. The zero-order valence-corrected chi connectivity index (χ0v) is 12.1. The van der Waals surface area contributed by atoms with Crippen molar-refractivity contribution in [1.82, 2.24) is 4.90 Å². The first-order valence-electron chi connectivity index (χ1n) is 7.26. The molecule has 1 fully saturated rings. The fourth-order valence-corrected chi connectivity index (χ4v) is 3.04. The number of hydrogen-bond donors (Lipinski definition) is 1. The summed E-state index contributed by atoms with van der Waals surface area (Å²) in [4.78, 5) is 2.32. The zero-order chi connectivity index (χ0) is 13.7. The van der Waals surface area contributed by atoms with E-state index in [1.165, 1.54) is 31.2 Å². The van der Waals surface area contributed by atoms with Crippen molar-refractivity contribution in [3.63, 3.8) is 0 Å². The average molecular weight is 262 g/mol. The number of rotatable bonds is 6. The van der Waals surface area contributed by atoms with Crippen LogP contribution >= 0.6 is 0 Å². The number of likely N-dealkylation sites (N-methyl/N-ethyl adjacent to an activating group) is 1. The van der Waals surface area contributed by atoms with Crippen molar-refractivity contribution < 1.29 is 4.74 Å². The molecule has 2 rings (SSSR count). The van der Waals surface area contributed by atoms with Gasteiger partial charge in [0.2, 0.25) is 0 Å². The van der Waals surface area contributed by atoms with Crippen molar-refractivity contribution in [3.8, 4) is 5.75 Å². The van der Waals surface area contributed by atoms with Crippen LogP contribution in [-0.4, -0.2) is 31.6 Å². The van der Waals surface area contributed by atoms with E-state index in [1.54, 1.807) is 7.11 Å². The molecule has 2 N–H and O–H groups in total.